The van der Waals surface area contributed by atoms with Crippen LogP contribution in [0.3, 0.4) is 0 Å². The number of anilines is 1. The van der Waals surface area contributed by atoms with Crippen LogP contribution in [0.25, 0.3) is 11.3 Å². The Morgan fingerprint density at radius 2 is 1.79 bits per heavy atom. The van der Waals surface area contributed by atoms with Gasteiger partial charge in [0.1, 0.15) is 18.1 Å². The number of amides is 1. The molecule has 0 aliphatic heterocycles. The Morgan fingerprint density at radius 1 is 1.00 bits per heavy atom. The van der Waals surface area contributed by atoms with Crippen LogP contribution in [0.2, 0.25) is 0 Å². The van der Waals surface area contributed by atoms with Gasteiger partial charge in [0.25, 0.3) is 5.91 Å². The number of carbonyl (C=O) groups excluding carboxylic acids is 1. The molecule has 1 N–H and O–H groups in total. The molecule has 1 heterocycles. The van der Waals surface area contributed by atoms with Gasteiger partial charge >= 0.3 is 0 Å². The molecule has 0 bridgehead atoms. The molecule has 0 spiro atoms. The van der Waals surface area contributed by atoms with Crippen molar-refractivity contribution in [1.82, 2.24) is 4.98 Å². The summed E-state index contributed by atoms with van der Waals surface area (Å²) < 4.78 is 12.3. The third kappa shape index (κ3) is 5.32. The van der Waals surface area contributed by atoms with Crippen molar-refractivity contribution in [2.75, 3.05) is 12.4 Å². The molecule has 0 atom stereocenters. The minimum absolute atomic E-state index is 0.231. The number of ether oxygens (including phenoxy) is 2. The molecule has 0 saturated carbocycles. The van der Waals surface area contributed by atoms with Crippen LogP contribution in [-0.2, 0) is 6.61 Å². The first-order valence-corrected chi connectivity index (χ1v) is 12.4. The van der Waals surface area contributed by atoms with E-state index in [1.165, 1.54) is 22.5 Å². The molecule has 0 radical (unpaired) electrons. The second kappa shape index (κ2) is 10.4. The lowest BCUT2D eigenvalue weighted by Gasteiger charge is -2.13. The van der Waals surface area contributed by atoms with Gasteiger partial charge in [-0.3, -0.25) is 10.1 Å². The number of carbonyl (C=O) groups is 1. The van der Waals surface area contributed by atoms with E-state index in [2.05, 4.69) is 53.3 Å². The van der Waals surface area contributed by atoms with E-state index >= 15 is 0 Å². The van der Waals surface area contributed by atoms with Gasteiger partial charge in [0, 0.05) is 21.6 Å². The molecule has 34 heavy (non-hydrogen) atoms. The van der Waals surface area contributed by atoms with Crippen LogP contribution in [0.4, 0.5) is 5.13 Å². The molecular weight excluding hydrogens is 512 g/mol. The van der Waals surface area contributed by atoms with Gasteiger partial charge in [-0.05, 0) is 84.2 Å². The Labute approximate surface area is 211 Å². The van der Waals surface area contributed by atoms with Gasteiger partial charge in [-0.25, -0.2) is 4.98 Å². The Morgan fingerprint density at radius 3 is 2.53 bits per heavy atom. The maximum Gasteiger partial charge on any atom is 0.257 e. The third-order valence-electron chi connectivity index (χ3n) is 5.56. The predicted molar refractivity (Wildman–Crippen MR) is 141 cm³/mol. The lowest BCUT2D eigenvalue weighted by Crippen LogP contribution is -2.12. The fraction of sp³-hybridized carbons (Fsp3) is 0.185. The number of nitrogens with one attached hydrogen (secondary N) is 1. The number of thiazole rings is 1. The molecule has 4 aromatic rings. The predicted octanol–water partition coefficient (Wildman–Crippen LogP) is 7.34. The van der Waals surface area contributed by atoms with E-state index in [-0.39, 0.29) is 12.5 Å². The van der Waals surface area contributed by atoms with Gasteiger partial charge in [-0.2, -0.15) is 0 Å². The maximum atomic E-state index is 13.0. The van der Waals surface area contributed by atoms with E-state index in [1.54, 1.807) is 25.3 Å². The lowest BCUT2D eigenvalue weighted by molar-refractivity contribution is 0.102. The van der Waals surface area contributed by atoms with Gasteiger partial charge in [0.15, 0.2) is 5.13 Å². The Bertz CT molecular complexity index is 1350. The second-order valence-corrected chi connectivity index (χ2v) is 9.98. The van der Waals surface area contributed by atoms with E-state index in [9.17, 15) is 4.79 Å². The summed E-state index contributed by atoms with van der Waals surface area (Å²) in [7, 11) is 1.60. The summed E-state index contributed by atoms with van der Waals surface area (Å²) >= 11 is 4.95. The number of rotatable bonds is 7. The molecule has 3 aromatic carbocycles. The van der Waals surface area contributed by atoms with Gasteiger partial charge < -0.3 is 9.47 Å². The number of aryl methyl sites for hydroxylation is 3. The number of hydrogen-bond donors (Lipinski definition) is 1. The molecular formula is C27H25BrN2O3S. The number of methoxy groups -OCH3 is 1. The fourth-order valence-corrected chi connectivity index (χ4v) is 4.76. The molecule has 5 nitrogen and oxygen atoms in total. The van der Waals surface area contributed by atoms with Crippen LogP contribution in [-0.4, -0.2) is 18.0 Å². The topological polar surface area (TPSA) is 60.5 Å². The Balaban J connectivity index is 1.52. The molecule has 0 aliphatic carbocycles. The molecule has 1 amide bonds. The van der Waals surface area contributed by atoms with Crippen molar-refractivity contribution in [2.45, 2.75) is 27.4 Å². The quantitative estimate of drug-likeness (QED) is 0.268. The fourth-order valence-electron chi connectivity index (χ4n) is 3.53. The first-order chi connectivity index (χ1) is 16.4. The van der Waals surface area contributed by atoms with Crippen LogP contribution in [0, 0.1) is 20.8 Å². The molecule has 0 fully saturated rings. The smallest absolute Gasteiger partial charge is 0.257 e. The first kappa shape index (κ1) is 24.0. The van der Waals surface area contributed by atoms with Crippen molar-refractivity contribution < 1.29 is 14.3 Å². The Hall–Kier alpha value is -3.16. The number of benzene rings is 3. The minimum atomic E-state index is -0.231. The van der Waals surface area contributed by atoms with Crippen molar-refractivity contribution in [3.8, 4) is 22.8 Å². The summed E-state index contributed by atoms with van der Waals surface area (Å²) in [6, 6.07) is 19.2. The van der Waals surface area contributed by atoms with E-state index in [0.717, 1.165) is 31.9 Å². The largest absolute Gasteiger partial charge is 0.496 e. The molecule has 4 rings (SSSR count). The molecule has 0 unspecified atom stereocenters. The van der Waals surface area contributed by atoms with Crippen LogP contribution < -0.4 is 14.8 Å². The van der Waals surface area contributed by atoms with E-state index in [1.807, 2.05) is 31.2 Å². The molecule has 174 valence electrons. The SMILES string of the molecule is COc1ccc(C(=O)Nc2nc(-c3ccc(C)c(C)c3)c(C)s2)cc1COc1ccccc1Br. The summed E-state index contributed by atoms with van der Waals surface area (Å²) in [5, 5.41) is 3.51. The highest BCUT2D eigenvalue weighted by Gasteiger charge is 2.16. The van der Waals surface area contributed by atoms with Crippen molar-refractivity contribution in [3.05, 3.63) is 92.3 Å². The van der Waals surface area contributed by atoms with Gasteiger partial charge in [0.05, 0.1) is 17.3 Å². The van der Waals surface area contributed by atoms with Gasteiger partial charge in [0.2, 0.25) is 0 Å². The maximum absolute atomic E-state index is 13.0. The number of hydrogen-bond acceptors (Lipinski definition) is 5. The summed E-state index contributed by atoms with van der Waals surface area (Å²) in [5.74, 6) is 1.15. The van der Waals surface area contributed by atoms with Crippen molar-refractivity contribution in [2.24, 2.45) is 0 Å². The van der Waals surface area contributed by atoms with Crippen molar-refractivity contribution in [1.29, 1.82) is 0 Å². The zero-order valence-corrected chi connectivity index (χ0v) is 21.8. The summed E-state index contributed by atoms with van der Waals surface area (Å²) in [4.78, 5) is 18.8. The minimum Gasteiger partial charge on any atom is -0.496 e. The van der Waals surface area contributed by atoms with Crippen LogP contribution in [0.5, 0.6) is 11.5 Å². The summed E-state index contributed by atoms with van der Waals surface area (Å²) in [5.41, 5.74) is 5.67. The molecule has 1 aromatic heterocycles. The highest BCUT2D eigenvalue weighted by molar-refractivity contribution is 9.10. The average molecular weight is 537 g/mol. The number of nitrogens with zero attached hydrogens (tertiary/aromatic N) is 1. The average Bonchev–Trinajstić information content (AvgIpc) is 3.19. The highest BCUT2D eigenvalue weighted by atomic mass is 79.9. The van der Waals surface area contributed by atoms with Gasteiger partial charge in [-0.15, -0.1) is 11.3 Å². The van der Waals surface area contributed by atoms with E-state index in [4.69, 9.17) is 14.5 Å². The monoisotopic (exact) mass is 536 g/mol. The molecule has 0 aliphatic rings. The van der Waals surface area contributed by atoms with E-state index in [0.29, 0.717) is 16.4 Å². The zero-order chi connectivity index (χ0) is 24.2. The lowest BCUT2D eigenvalue weighted by atomic mass is 10.0. The standard InChI is InChI=1S/C27H25BrN2O3S/c1-16-9-10-19(13-17(16)2)25-18(3)34-27(29-25)30-26(31)20-11-12-23(32-4)21(14-20)15-33-24-8-6-5-7-22(24)28/h5-14H,15H2,1-4H3,(H,29,30,31). The molecule has 0 saturated heterocycles. The van der Waals surface area contributed by atoms with Crippen LogP contribution >= 0.6 is 27.3 Å². The second-order valence-electron chi connectivity index (χ2n) is 7.92. The first-order valence-electron chi connectivity index (χ1n) is 10.8. The highest BCUT2D eigenvalue weighted by Crippen LogP contribution is 2.32. The number of para-hydroxylation sites is 1. The van der Waals surface area contributed by atoms with Gasteiger partial charge in [-0.1, -0.05) is 24.3 Å². The number of aromatic nitrogens is 1. The third-order valence-corrected chi connectivity index (χ3v) is 7.10. The summed E-state index contributed by atoms with van der Waals surface area (Å²) in [6.07, 6.45) is 0. The van der Waals surface area contributed by atoms with E-state index < -0.39 is 0 Å². The van der Waals surface area contributed by atoms with Crippen molar-refractivity contribution in [3.63, 3.8) is 0 Å². The normalized spacial score (nSPS) is 10.7. The summed E-state index contributed by atoms with van der Waals surface area (Å²) in [6.45, 7) is 6.46. The zero-order valence-electron chi connectivity index (χ0n) is 19.4. The van der Waals surface area contributed by atoms with Crippen molar-refractivity contribution >= 4 is 38.3 Å². The van der Waals surface area contributed by atoms with Crippen LogP contribution in [0.1, 0.15) is 31.9 Å². The number of halogens is 1. The Kier molecular flexibility index (Phi) is 7.34. The molecule has 7 heteroatoms. The van der Waals surface area contributed by atoms with Crippen LogP contribution in [0.15, 0.2) is 65.1 Å².